The van der Waals surface area contributed by atoms with E-state index in [4.69, 9.17) is 4.42 Å². The van der Waals surface area contributed by atoms with Gasteiger partial charge in [-0.3, -0.25) is 0 Å². The summed E-state index contributed by atoms with van der Waals surface area (Å²) in [4.78, 5) is 7.62. The molecule has 6 heteroatoms. The van der Waals surface area contributed by atoms with Gasteiger partial charge in [-0.15, -0.1) is 11.3 Å². The van der Waals surface area contributed by atoms with E-state index in [9.17, 15) is 0 Å². The number of furan rings is 1. The Balaban J connectivity index is 1.06. The molecule has 0 saturated heterocycles. The van der Waals surface area contributed by atoms with Crippen molar-refractivity contribution in [2.24, 2.45) is 0 Å². The predicted molar refractivity (Wildman–Crippen MR) is 331 cm³/mol. The molecule has 2 aromatic heterocycles. The smallest absolute Gasteiger partial charge is 0.264 e. The van der Waals surface area contributed by atoms with Gasteiger partial charge in [-0.25, -0.2) is 0 Å². The molecule has 0 bridgehead atoms. The molecule has 0 saturated carbocycles. The minimum atomic E-state index is -0.123. The lowest BCUT2D eigenvalue weighted by atomic mass is 9.36. The third-order valence-corrected chi connectivity index (χ3v) is 18.3. The molecule has 3 aliphatic rings. The highest BCUT2D eigenvalue weighted by Crippen LogP contribution is 2.55. The molecule has 77 heavy (non-hydrogen) atoms. The highest BCUT2D eigenvalue weighted by atomic mass is 32.1. The summed E-state index contributed by atoms with van der Waals surface area (Å²) < 4.78 is 9.38. The van der Waals surface area contributed by atoms with E-state index in [-0.39, 0.29) is 28.4 Å². The first-order chi connectivity index (χ1) is 36.8. The van der Waals surface area contributed by atoms with Crippen molar-refractivity contribution in [1.29, 1.82) is 0 Å². The minimum Gasteiger partial charge on any atom is -0.456 e. The van der Waals surface area contributed by atoms with Gasteiger partial charge in [0.15, 0.2) is 0 Å². The quantitative estimate of drug-likeness (QED) is 0.160. The molecule has 0 unspecified atom stereocenters. The van der Waals surface area contributed by atoms with Gasteiger partial charge >= 0.3 is 0 Å². The first kappa shape index (κ1) is 47.6. The molecule has 1 aliphatic carbocycles. The Kier molecular flexibility index (Phi) is 10.3. The van der Waals surface area contributed by atoms with Gasteiger partial charge in [0, 0.05) is 65.5 Å². The zero-order valence-corrected chi connectivity index (χ0v) is 46.9. The van der Waals surface area contributed by atoms with Gasteiger partial charge in [0.25, 0.3) is 6.71 Å². The molecule has 2 aliphatic heterocycles. The fourth-order valence-electron chi connectivity index (χ4n) is 13.0. The van der Waals surface area contributed by atoms with Crippen molar-refractivity contribution in [3.8, 4) is 11.1 Å². The van der Waals surface area contributed by atoms with Gasteiger partial charge in [0.2, 0.25) is 0 Å². The highest BCUT2D eigenvalue weighted by Gasteiger charge is 2.47. The average molecular weight is 1020 g/mol. The SMILES string of the molecule is CC(C)(C)c1ccc(N(c2ccc(C(C)(C)C)cc2)c2ccc3c(c2)N(c2cccc4oc5ccccc5c24)c2cccc4c2B3c2sc3cc5c(cc3c2N4c2ccc(C(C)(C)C)cc2)-c2ccccc2C5(C)C)cc1. The molecule has 4 nitrogen and oxygen atoms in total. The molecule has 4 heterocycles. The van der Waals surface area contributed by atoms with Gasteiger partial charge in [-0.2, -0.15) is 0 Å². The molecule has 0 spiro atoms. The van der Waals surface area contributed by atoms with E-state index in [0.717, 1.165) is 56.1 Å². The number of rotatable bonds is 5. The van der Waals surface area contributed by atoms with Gasteiger partial charge in [0.05, 0.1) is 16.8 Å². The predicted octanol–water partition coefficient (Wildman–Crippen LogP) is 18.6. The van der Waals surface area contributed by atoms with E-state index in [1.807, 2.05) is 11.3 Å². The lowest BCUT2D eigenvalue weighted by Gasteiger charge is -2.43. The van der Waals surface area contributed by atoms with Crippen LogP contribution in [0.25, 0.3) is 43.2 Å². The Bertz CT molecular complexity index is 4140. The average Bonchev–Trinajstić information content (AvgIpc) is 4.08. The maximum absolute atomic E-state index is 6.70. The minimum absolute atomic E-state index is 0.0150. The molecule has 14 rings (SSSR count). The Hall–Kier alpha value is -7.80. The molecule has 0 atom stereocenters. The summed E-state index contributed by atoms with van der Waals surface area (Å²) in [5, 5.41) is 3.51. The zero-order chi connectivity index (χ0) is 53.1. The van der Waals surface area contributed by atoms with Crippen LogP contribution in [0.2, 0.25) is 0 Å². The monoisotopic (exact) mass is 1020 g/mol. The van der Waals surface area contributed by atoms with E-state index < -0.39 is 0 Å². The van der Waals surface area contributed by atoms with Crippen molar-refractivity contribution in [2.45, 2.75) is 97.8 Å². The molecule has 0 amide bonds. The second-order valence-corrected chi connectivity index (χ2v) is 26.5. The van der Waals surface area contributed by atoms with E-state index in [2.05, 4.69) is 279 Å². The lowest BCUT2D eigenvalue weighted by molar-refractivity contribution is 0.590. The van der Waals surface area contributed by atoms with Crippen molar-refractivity contribution >= 4 is 117 Å². The van der Waals surface area contributed by atoms with Gasteiger partial charge in [0.1, 0.15) is 11.2 Å². The van der Waals surface area contributed by atoms with Crippen molar-refractivity contribution < 1.29 is 4.42 Å². The summed E-state index contributed by atoms with van der Waals surface area (Å²) in [6.45, 7) is 25.4. The Morgan fingerprint density at radius 1 is 0.468 bits per heavy atom. The van der Waals surface area contributed by atoms with Crippen LogP contribution < -0.4 is 30.4 Å². The van der Waals surface area contributed by atoms with Crippen molar-refractivity contribution in [3.05, 3.63) is 216 Å². The summed E-state index contributed by atoms with van der Waals surface area (Å²) in [5.41, 5.74) is 24.1. The normalized spacial score (nSPS) is 14.5. The first-order valence-electron chi connectivity index (χ1n) is 27.4. The number of anilines is 9. The standard InChI is InChI=1S/C71H64BN3OS/c1-68(2,3)43-26-32-46(33-27-43)73(47-34-28-44(29-35-47)69(4,5)6)49-38-39-56-60(40-49)75(57-21-17-25-62-64(57)51-19-13-15-24-61(51)76-62)59-23-16-22-58-65(59)72(56)67-66(74(58)48-36-30-45(31-37-48)70(7,8)9)53-41-52-50-18-12-14-20-54(50)71(10,11)55(52)42-63(53)77-67/h12-42H,1-11H3. The van der Waals surface area contributed by atoms with Gasteiger partial charge in [-0.1, -0.05) is 173 Å². The van der Waals surface area contributed by atoms with Crippen LogP contribution in [-0.2, 0) is 21.7 Å². The number of nitrogens with zero attached hydrogens (tertiary/aromatic N) is 3. The number of thiophene rings is 1. The Labute approximate surface area is 458 Å². The fourth-order valence-corrected chi connectivity index (χ4v) is 14.3. The number of benzene rings is 9. The maximum atomic E-state index is 6.70. The lowest BCUT2D eigenvalue weighted by Crippen LogP contribution is -2.60. The summed E-state index contributed by atoms with van der Waals surface area (Å²) >= 11 is 1.98. The second kappa shape index (κ2) is 16.6. The van der Waals surface area contributed by atoms with Crippen molar-refractivity contribution in [1.82, 2.24) is 0 Å². The van der Waals surface area contributed by atoms with E-state index in [1.165, 1.54) is 81.8 Å². The third kappa shape index (κ3) is 7.24. The maximum Gasteiger partial charge on any atom is 0.264 e. The molecular weight excluding hydrogens is 954 g/mol. The van der Waals surface area contributed by atoms with Gasteiger partial charge < -0.3 is 19.1 Å². The number of para-hydroxylation sites is 1. The van der Waals surface area contributed by atoms with E-state index >= 15 is 0 Å². The van der Waals surface area contributed by atoms with Crippen LogP contribution in [0, 0.1) is 0 Å². The van der Waals surface area contributed by atoms with Crippen LogP contribution in [0.5, 0.6) is 0 Å². The highest BCUT2D eigenvalue weighted by molar-refractivity contribution is 7.33. The number of hydrogen-bond donors (Lipinski definition) is 0. The third-order valence-electron chi connectivity index (χ3n) is 17.1. The molecule has 0 fully saturated rings. The zero-order valence-electron chi connectivity index (χ0n) is 46.1. The van der Waals surface area contributed by atoms with Gasteiger partial charge in [-0.05, 0) is 157 Å². The second-order valence-electron chi connectivity index (χ2n) is 25.4. The summed E-state index contributed by atoms with van der Waals surface area (Å²) in [7, 11) is 0. The molecule has 0 N–H and O–H groups in total. The summed E-state index contributed by atoms with van der Waals surface area (Å²) in [6.07, 6.45) is 0. The molecule has 0 radical (unpaired) electrons. The molecule has 11 aromatic rings. The van der Waals surface area contributed by atoms with Crippen LogP contribution in [0.15, 0.2) is 192 Å². The first-order valence-corrected chi connectivity index (χ1v) is 28.3. The van der Waals surface area contributed by atoms with Crippen LogP contribution >= 0.6 is 11.3 Å². The number of hydrogen-bond acceptors (Lipinski definition) is 5. The fraction of sp³-hybridized carbons (Fsp3) is 0.211. The summed E-state index contributed by atoms with van der Waals surface area (Å²) in [6, 6.07) is 71.4. The Morgan fingerprint density at radius 2 is 1.03 bits per heavy atom. The largest absolute Gasteiger partial charge is 0.456 e. The van der Waals surface area contributed by atoms with Crippen molar-refractivity contribution in [2.75, 3.05) is 14.7 Å². The Morgan fingerprint density at radius 3 is 1.69 bits per heavy atom. The molecular formula is C71H64BN3OS. The molecule has 9 aromatic carbocycles. The van der Waals surface area contributed by atoms with E-state index in [0.29, 0.717) is 0 Å². The van der Waals surface area contributed by atoms with E-state index in [1.54, 1.807) is 0 Å². The molecule has 378 valence electrons. The van der Waals surface area contributed by atoms with Crippen LogP contribution in [0.3, 0.4) is 0 Å². The van der Waals surface area contributed by atoms with Crippen molar-refractivity contribution in [3.63, 3.8) is 0 Å². The van der Waals surface area contributed by atoms with Crippen LogP contribution in [-0.4, -0.2) is 6.71 Å². The summed E-state index contributed by atoms with van der Waals surface area (Å²) in [5.74, 6) is 0. The topological polar surface area (TPSA) is 22.9 Å². The number of fused-ring (bicyclic) bond motifs is 12. The van der Waals surface area contributed by atoms with Crippen LogP contribution in [0.4, 0.5) is 51.2 Å². The van der Waals surface area contributed by atoms with Crippen LogP contribution in [0.1, 0.15) is 104 Å².